The molecule has 27 heavy (non-hydrogen) atoms. The molecule has 0 fully saturated rings. The van der Waals surface area contributed by atoms with Crippen molar-refractivity contribution in [2.24, 2.45) is 0 Å². The molecule has 2 amide bonds. The molecule has 0 aliphatic carbocycles. The minimum atomic E-state index is -0.496. The molecular weight excluding hydrogens is 347 g/mol. The number of carbonyl (C=O) groups is 2. The molecule has 0 bridgehead atoms. The smallest absolute Gasteiger partial charge is 0.326 e. The summed E-state index contributed by atoms with van der Waals surface area (Å²) in [6.45, 7) is 1.91. The van der Waals surface area contributed by atoms with Crippen LogP contribution in [0.4, 0.5) is 14.9 Å². The van der Waals surface area contributed by atoms with Crippen LogP contribution in [0.2, 0.25) is 0 Å². The summed E-state index contributed by atoms with van der Waals surface area (Å²) in [5, 5.41) is 12.0. The summed E-state index contributed by atoms with van der Waals surface area (Å²) in [4.78, 5) is 26.2. The highest BCUT2D eigenvalue weighted by Crippen LogP contribution is 2.30. The number of amides is 2. The second-order valence-corrected chi connectivity index (χ2v) is 6.45. The predicted molar refractivity (Wildman–Crippen MR) is 101 cm³/mol. The molecule has 6 heteroatoms. The number of allylic oxidation sites excluding steroid dienone is 1. The number of urea groups is 1. The number of nitrogens with zero attached hydrogens (tertiary/aromatic N) is 1. The number of aliphatic hydroxyl groups excluding tert-OH is 1. The number of hydrogen-bond donors (Lipinski definition) is 2. The second kappa shape index (κ2) is 8.14. The van der Waals surface area contributed by atoms with Crippen molar-refractivity contribution in [3.8, 4) is 0 Å². The first-order valence-electron chi connectivity index (χ1n) is 8.74. The summed E-state index contributed by atoms with van der Waals surface area (Å²) < 4.78 is 13.2. The Labute approximate surface area is 157 Å². The van der Waals surface area contributed by atoms with Crippen molar-refractivity contribution >= 4 is 17.5 Å². The quantitative estimate of drug-likeness (QED) is 0.864. The molecule has 0 unspecified atom stereocenters. The van der Waals surface area contributed by atoms with Gasteiger partial charge in [-0.15, -0.1) is 0 Å². The number of ketones is 1. The first-order valence-corrected chi connectivity index (χ1v) is 8.74. The Bertz CT molecular complexity index is 877. The van der Waals surface area contributed by atoms with Gasteiger partial charge in [0.25, 0.3) is 0 Å². The van der Waals surface area contributed by atoms with Crippen molar-refractivity contribution in [3.63, 3.8) is 0 Å². The van der Waals surface area contributed by atoms with Gasteiger partial charge in [-0.05, 0) is 54.3 Å². The molecule has 0 aromatic heterocycles. The van der Waals surface area contributed by atoms with Gasteiger partial charge >= 0.3 is 6.03 Å². The van der Waals surface area contributed by atoms with E-state index in [4.69, 9.17) is 5.11 Å². The lowest BCUT2D eigenvalue weighted by Gasteiger charge is -2.31. The lowest BCUT2D eigenvalue weighted by atomic mass is 9.97. The monoisotopic (exact) mass is 368 g/mol. The Morgan fingerprint density at radius 3 is 2.70 bits per heavy atom. The maximum Gasteiger partial charge on any atom is 0.326 e. The van der Waals surface area contributed by atoms with Crippen LogP contribution < -0.4 is 5.32 Å². The summed E-state index contributed by atoms with van der Waals surface area (Å²) in [6.07, 6.45) is 3.47. The largest absolute Gasteiger partial charge is 0.396 e. The highest BCUT2D eigenvalue weighted by molar-refractivity contribution is 5.96. The molecule has 1 heterocycles. The summed E-state index contributed by atoms with van der Waals surface area (Å²) in [6, 6.07) is 10.4. The fraction of sp³-hybridized carbons (Fsp3) is 0.238. The molecule has 2 aromatic carbocycles. The van der Waals surface area contributed by atoms with E-state index in [1.165, 1.54) is 29.3 Å². The molecule has 2 aromatic rings. The Kier molecular flexibility index (Phi) is 5.66. The summed E-state index contributed by atoms with van der Waals surface area (Å²) in [5.41, 5.74) is 3.18. The van der Waals surface area contributed by atoms with Crippen LogP contribution in [0.1, 0.15) is 29.2 Å². The van der Waals surface area contributed by atoms with E-state index in [2.05, 4.69) is 5.32 Å². The van der Waals surface area contributed by atoms with Crippen LogP contribution in [0, 0.1) is 12.7 Å². The van der Waals surface area contributed by atoms with Crippen molar-refractivity contribution in [1.29, 1.82) is 0 Å². The second-order valence-electron chi connectivity index (χ2n) is 6.45. The molecular formula is C21H21FN2O3. The molecule has 3 rings (SSSR count). The number of halogens is 1. The molecule has 0 spiro atoms. The maximum absolute atomic E-state index is 13.2. The van der Waals surface area contributed by atoms with Crippen LogP contribution in [0.3, 0.4) is 0 Å². The number of hydrogen-bond acceptors (Lipinski definition) is 3. The first-order chi connectivity index (χ1) is 13.0. The number of rotatable bonds is 4. The average Bonchev–Trinajstić information content (AvgIpc) is 2.65. The lowest BCUT2D eigenvalue weighted by molar-refractivity contribution is -0.116. The normalized spacial score (nSPS) is 16.5. The standard InChI is InChI=1S/C21H21FN2O3/c1-14-15(10-12-25)3-2-4-19(14)23-21(27)24-11-9-18(26)13-20(24)16-5-7-17(22)8-6-16/h2-9,11,20,25H,10,12-13H2,1H3,(H,23,27)/t20-/m0/s1. The average molecular weight is 368 g/mol. The molecule has 0 saturated heterocycles. The van der Waals surface area contributed by atoms with E-state index in [0.717, 1.165) is 11.1 Å². The van der Waals surface area contributed by atoms with Crippen molar-refractivity contribution in [2.45, 2.75) is 25.8 Å². The van der Waals surface area contributed by atoms with Crippen LogP contribution >= 0.6 is 0 Å². The molecule has 1 aliphatic rings. The zero-order chi connectivity index (χ0) is 19.4. The van der Waals surface area contributed by atoms with Crippen molar-refractivity contribution in [2.75, 3.05) is 11.9 Å². The van der Waals surface area contributed by atoms with E-state index in [-0.39, 0.29) is 30.7 Å². The predicted octanol–water partition coefficient (Wildman–Crippen LogP) is 3.73. The number of anilines is 1. The summed E-state index contributed by atoms with van der Waals surface area (Å²) >= 11 is 0. The SMILES string of the molecule is Cc1c(CCO)cccc1NC(=O)N1C=CC(=O)C[C@H]1c1ccc(F)cc1. The number of aliphatic hydroxyl groups is 1. The molecule has 1 atom stereocenters. The van der Waals surface area contributed by atoms with Gasteiger partial charge in [0, 0.05) is 24.9 Å². The fourth-order valence-electron chi connectivity index (χ4n) is 3.19. The Morgan fingerprint density at radius 2 is 2.00 bits per heavy atom. The zero-order valence-electron chi connectivity index (χ0n) is 15.0. The highest BCUT2D eigenvalue weighted by Gasteiger charge is 2.29. The minimum Gasteiger partial charge on any atom is -0.396 e. The van der Waals surface area contributed by atoms with Crippen LogP contribution in [0.25, 0.3) is 0 Å². The van der Waals surface area contributed by atoms with Crippen LogP contribution in [-0.4, -0.2) is 28.4 Å². The number of benzene rings is 2. The van der Waals surface area contributed by atoms with E-state index >= 15 is 0 Å². The van der Waals surface area contributed by atoms with E-state index in [1.807, 2.05) is 19.1 Å². The molecule has 0 radical (unpaired) electrons. The first kappa shape index (κ1) is 18.8. The fourth-order valence-corrected chi connectivity index (χ4v) is 3.19. The number of nitrogens with one attached hydrogen (secondary N) is 1. The van der Waals surface area contributed by atoms with Gasteiger partial charge in [0.1, 0.15) is 5.82 Å². The topological polar surface area (TPSA) is 69.6 Å². The molecule has 5 nitrogen and oxygen atoms in total. The molecule has 140 valence electrons. The van der Waals surface area contributed by atoms with Crippen LogP contribution in [0.5, 0.6) is 0 Å². The van der Waals surface area contributed by atoms with Gasteiger partial charge in [0.05, 0.1) is 6.04 Å². The van der Waals surface area contributed by atoms with E-state index in [0.29, 0.717) is 17.7 Å². The molecule has 0 saturated carbocycles. The van der Waals surface area contributed by atoms with Crippen molar-refractivity contribution < 1.29 is 19.1 Å². The lowest BCUT2D eigenvalue weighted by Crippen LogP contribution is -2.37. The Hall–Kier alpha value is -2.99. The highest BCUT2D eigenvalue weighted by atomic mass is 19.1. The van der Waals surface area contributed by atoms with Gasteiger partial charge in [-0.1, -0.05) is 24.3 Å². The minimum absolute atomic E-state index is 0.0296. The van der Waals surface area contributed by atoms with Gasteiger partial charge in [-0.2, -0.15) is 0 Å². The van der Waals surface area contributed by atoms with Crippen molar-refractivity contribution in [3.05, 3.63) is 77.2 Å². The molecule has 2 N–H and O–H groups in total. The Balaban J connectivity index is 1.85. The summed E-state index contributed by atoms with van der Waals surface area (Å²) in [5.74, 6) is -0.460. The Morgan fingerprint density at radius 1 is 1.26 bits per heavy atom. The van der Waals surface area contributed by atoms with Gasteiger partial charge < -0.3 is 10.4 Å². The van der Waals surface area contributed by atoms with Gasteiger partial charge in [-0.25, -0.2) is 9.18 Å². The van der Waals surface area contributed by atoms with Crippen LogP contribution in [0.15, 0.2) is 54.7 Å². The zero-order valence-corrected chi connectivity index (χ0v) is 15.0. The van der Waals surface area contributed by atoms with Crippen molar-refractivity contribution in [1.82, 2.24) is 4.90 Å². The van der Waals surface area contributed by atoms with E-state index in [1.54, 1.807) is 18.2 Å². The third-order valence-electron chi connectivity index (χ3n) is 4.71. The van der Waals surface area contributed by atoms with Gasteiger partial charge in [0.2, 0.25) is 0 Å². The number of carbonyl (C=O) groups excluding carboxylic acids is 2. The summed E-state index contributed by atoms with van der Waals surface area (Å²) in [7, 11) is 0. The third-order valence-corrected chi connectivity index (χ3v) is 4.71. The van der Waals surface area contributed by atoms with Crippen LogP contribution in [-0.2, 0) is 11.2 Å². The van der Waals surface area contributed by atoms with Gasteiger partial charge in [-0.3, -0.25) is 9.69 Å². The van der Waals surface area contributed by atoms with E-state index in [9.17, 15) is 14.0 Å². The maximum atomic E-state index is 13.2. The third kappa shape index (κ3) is 4.23. The van der Waals surface area contributed by atoms with E-state index < -0.39 is 6.04 Å². The van der Waals surface area contributed by atoms with Gasteiger partial charge in [0.15, 0.2) is 5.78 Å². The molecule has 1 aliphatic heterocycles.